The summed E-state index contributed by atoms with van der Waals surface area (Å²) in [4.78, 5) is 29.7. The lowest BCUT2D eigenvalue weighted by Gasteiger charge is -2.20. The summed E-state index contributed by atoms with van der Waals surface area (Å²) in [5.41, 5.74) is 0.665. The van der Waals surface area contributed by atoms with E-state index < -0.39 is 12.0 Å². The van der Waals surface area contributed by atoms with Crippen LogP contribution < -0.4 is 0 Å². The Morgan fingerprint density at radius 2 is 2.30 bits per heavy atom. The molecule has 1 amide bonds. The highest BCUT2D eigenvalue weighted by Crippen LogP contribution is 2.33. The molecule has 1 aliphatic rings. The molecule has 1 aromatic rings. The average molecular weight is 308 g/mol. The number of esters is 1. The van der Waals surface area contributed by atoms with Crippen LogP contribution in [0.25, 0.3) is 6.08 Å². The molecule has 1 aromatic heterocycles. The average Bonchev–Trinajstić information content (AvgIpc) is 2.73. The smallest absolute Gasteiger partial charge is 0.328 e. The van der Waals surface area contributed by atoms with E-state index in [1.54, 1.807) is 31.3 Å². The first-order valence-corrected chi connectivity index (χ1v) is 7.03. The van der Waals surface area contributed by atoms with Crippen LogP contribution in [0.5, 0.6) is 0 Å². The van der Waals surface area contributed by atoms with Gasteiger partial charge in [-0.15, -0.1) is 0 Å². The second-order valence-corrected chi connectivity index (χ2v) is 5.68. The van der Waals surface area contributed by atoms with Gasteiger partial charge in [0.2, 0.25) is 0 Å². The third kappa shape index (κ3) is 2.88. The molecule has 0 aliphatic carbocycles. The van der Waals surface area contributed by atoms with E-state index in [1.807, 2.05) is 6.07 Å². The van der Waals surface area contributed by atoms with Crippen molar-refractivity contribution in [3.8, 4) is 0 Å². The van der Waals surface area contributed by atoms with Crippen molar-refractivity contribution in [3.05, 3.63) is 35.0 Å². The first kappa shape index (κ1) is 14.7. The highest BCUT2D eigenvalue weighted by molar-refractivity contribution is 8.26. The van der Waals surface area contributed by atoms with Gasteiger partial charge in [-0.05, 0) is 25.1 Å². The van der Waals surface area contributed by atoms with Crippen LogP contribution in [-0.4, -0.2) is 39.2 Å². The number of carbonyl (C=O) groups excluding carboxylic acids is 2. The topological polar surface area (TPSA) is 59.5 Å². The van der Waals surface area contributed by atoms with Gasteiger partial charge in [-0.2, -0.15) is 0 Å². The van der Waals surface area contributed by atoms with Gasteiger partial charge in [-0.25, -0.2) is 4.79 Å². The van der Waals surface area contributed by atoms with E-state index in [0.717, 1.165) is 11.8 Å². The van der Waals surface area contributed by atoms with Crippen molar-refractivity contribution in [1.29, 1.82) is 0 Å². The highest BCUT2D eigenvalue weighted by Gasteiger charge is 2.38. The number of rotatable bonds is 3. The van der Waals surface area contributed by atoms with Crippen LogP contribution in [0.1, 0.15) is 12.6 Å². The fourth-order valence-electron chi connectivity index (χ4n) is 1.69. The fourth-order valence-corrected chi connectivity index (χ4v) is 3.09. The van der Waals surface area contributed by atoms with Gasteiger partial charge in [0, 0.05) is 6.20 Å². The van der Waals surface area contributed by atoms with E-state index in [0.29, 0.717) is 14.9 Å². The van der Waals surface area contributed by atoms with Gasteiger partial charge in [0.1, 0.15) is 10.4 Å². The molecular formula is C13H12N2O3S2. The second kappa shape index (κ2) is 6.15. The molecule has 0 unspecified atom stereocenters. The molecule has 20 heavy (non-hydrogen) atoms. The van der Waals surface area contributed by atoms with Crippen LogP contribution in [0.2, 0.25) is 0 Å². The Kier molecular flexibility index (Phi) is 4.51. The monoisotopic (exact) mass is 308 g/mol. The molecule has 5 nitrogen and oxygen atoms in total. The number of pyridine rings is 1. The number of methoxy groups -OCH3 is 1. The maximum absolute atomic E-state index is 12.3. The van der Waals surface area contributed by atoms with Crippen LogP contribution in [0.4, 0.5) is 0 Å². The summed E-state index contributed by atoms with van der Waals surface area (Å²) in [7, 11) is 1.28. The molecule has 0 aromatic carbocycles. The lowest BCUT2D eigenvalue weighted by atomic mass is 10.2. The predicted molar refractivity (Wildman–Crippen MR) is 80.7 cm³/mol. The lowest BCUT2D eigenvalue weighted by molar-refractivity contribution is -0.147. The Morgan fingerprint density at radius 3 is 2.90 bits per heavy atom. The van der Waals surface area contributed by atoms with Gasteiger partial charge in [0.15, 0.2) is 0 Å². The number of thioether (sulfide) groups is 1. The van der Waals surface area contributed by atoms with Crippen molar-refractivity contribution in [2.24, 2.45) is 0 Å². The summed E-state index contributed by atoms with van der Waals surface area (Å²) in [6.07, 6.45) is 3.30. The van der Waals surface area contributed by atoms with Crippen molar-refractivity contribution >= 4 is 46.3 Å². The van der Waals surface area contributed by atoms with Crippen LogP contribution in [0, 0.1) is 0 Å². The Labute approximate surface area is 126 Å². The first-order valence-electron chi connectivity index (χ1n) is 5.80. The molecule has 104 valence electrons. The number of thiocarbonyl (C=S) groups is 1. The van der Waals surface area contributed by atoms with Crippen molar-refractivity contribution in [2.45, 2.75) is 13.0 Å². The molecule has 2 rings (SSSR count). The molecule has 1 atom stereocenters. The summed E-state index contributed by atoms with van der Waals surface area (Å²) in [5, 5.41) is 0. The zero-order chi connectivity index (χ0) is 14.7. The SMILES string of the molecule is COC(=O)[C@@H](C)N1C(=O)/C(=C/c2ccccn2)SC1=S. The van der Waals surface area contributed by atoms with E-state index >= 15 is 0 Å². The molecule has 0 radical (unpaired) electrons. The Bertz CT molecular complexity index is 587. The van der Waals surface area contributed by atoms with Gasteiger partial charge in [-0.3, -0.25) is 14.7 Å². The van der Waals surface area contributed by atoms with E-state index in [4.69, 9.17) is 12.2 Å². The quantitative estimate of drug-likeness (QED) is 0.482. The Balaban J connectivity index is 2.25. The number of hydrogen-bond acceptors (Lipinski definition) is 6. The van der Waals surface area contributed by atoms with Crippen LogP contribution in [0.3, 0.4) is 0 Å². The zero-order valence-corrected chi connectivity index (χ0v) is 12.5. The minimum atomic E-state index is -0.734. The van der Waals surface area contributed by atoms with Crippen molar-refractivity contribution in [1.82, 2.24) is 9.88 Å². The number of carbonyl (C=O) groups is 2. The molecule has 0 spiro atoms. The first-order chi connectivity index (χ1) is 9.54. The third-order valence-electron chi connectivity index (χ3n) is 2.72. The number of aromatic nitrogens is 1. The minimum absolute atomic E-state index is 0.302. The maximum atomic E-state index is 12.3. The number of hydrogen-bond donors (Lipinski definition) is 0. The highest BCUT2D eigenvalue weighted by atomic mass is 32.2. The van der Waals surface area contributed by atoms with Gasteiger partial charge in [-0.1, -0.05) is 30.0 Å². The van der Waals surface area contributed by atoms with E-state index in [-0.39, 0.29) is 5.91 Å². The molecule has 7 heteroatoms. The molecule has 0 N–H and O–H groups in total. The lowest BCUT2D eigenvalue weighted by Crippen LogP contribution is -2.42. The Morgan fingerprint density at radius 1 is 1.55 bits per heavy atom. The number of amides is 1. The summed E-state index contributed by atoms with van der Waals surface area (Å²) in [6.45, 7) is 1.58. The van der Waals surface area contributed by atoms with Gasteiger partial charge in [0.05, 0.1) is 17.7 Å². The molecular weight excluding hydrogens is 296 g/mol. The standard InChI is InChI=1S/C13H12N2O3S2/c1-8(12(17)18-2)15-11(16)10(20-13(15)19)7-9-5-3-4-6-14-9/h3-8H,1-2H3/b10-7-/t8-/m1/s1. The minimum Gasteiger partial charge on any atom is -0.467 e. The van der Waals surface area contributed by atoms with Crippen LogP contribution in [0.15, 0.2) is 29.3 Å². The molecule has 0 saturated carbocycles. The van der Waals surface area contributed by atoms with Crippen LogP contribution >= 0.6 is 24.0 Å². The third-order valence-corrected chi connectivity index (χ3v) is 4.05. The summed E-state index contributed by atoms with van der Waals surface area (Å²) >= 11 is 6.31. The van der Waals surface area contributed by atoms with Crippen molar-refractivity contribution < 1.29 is 14.3 Å². The normalized spacial score (nSPS) is 18.5. The number of nitrogens with zero attached hydrogens (tertiary/aromatic N) is 2. The number of ether oxygens (including phenoxy) is 1. The van der Waals surface area contributed by atoms with E-state index in [2.05, 4.69) is 9.72 Å². The van der Waals surface area contributed by atoms with Gasteiger partial charge >= 0.3 is 5.97 Å². The van der Waals surface area contributed by atoms with Gasteiger partial charge in [0.25, 0.3) is 5.91 Å². The van der Waals surface area contributed by atoms with Crippen molar-refractivity contribution in [3.63, 3.8) is 0 Å². The predicted octanol–water partition coefficient (Wildman–Crippen LogP) is 1.84. The maximum Gasteiger partial charge on any atom is 0.328 e. The van der Waals surface area contributed by atoms with Crippen molar-refractivity contribution in [2.75, 3.05) is 7.11 Å². The van der Waals surface area contributed by atoms with E-state index in [1.165, 1.54) is 12.0 Å². The molecule has 0 bridgehead atoms. The van der Waals surface area contributed by atoms with Gasteiger partial charge < -0.3 is 4.74 Å². The summed E-state index contributed by atoms with van der Waals surface area (Å²) in [6, 6.07) is 4.68. The largest absolute Gasteiger partial charge is 0.467 e. The molecule has 1 saturated heterocycles. The van der Waals surface area contributed by atoms with Crippen LogP contribution in [-0.2, 0) is 14.3 Å². The molecule has 1 fully saturated rings. The molecule has 2 heterocycles. The Hall–Kier alpha value is -1.73. The molecule has 1 aliphatic heterocycles. The van der Waals surface area contributed by atoms with E-state index in [9.17, 15) is 9.59 Å². The summed E-state index contributed by atoms with van der Waals surface area (Å²) < 4.78 is 4.98. The fraction of sp³-hybridized carbons (Fsp3) is 0.231. The zero-order valence-electron chi connectivity index (χ0n) is 10.9. The second-order valence-electron chi connectivity index (χ2n) is 4.01. The summed E-state index contributed by atoms with van der Waals surface area (Å²) in [5.74, 6) is -0.802.